The smallest absolute Gasteiger partial charge is 0.309 e. The van der Waals surface area contributed by atoms with E-state index in [0.29, 0.717) is 6.42 Å². The van der Waals surface area contributed by atoms with Crippen LogP contribution in [0.2, 0.25) is 0 Å². The Balaban J connectivity index is 2.04. The number of carboxylic acids is 1. The van der Waals surface area contributed by atoms with Gasteiger partial charge >= 0.3 is 5.97 Å². The van der Waals surface area contributed by atoms with Crippen LogP contribution in [0.15, 0.2) is 36.4 Å². The highest BCUT2D eigenvalue weighted by Gasteiger charge is 2.36. The van der Waals surface area contributed by atoms with Gasteiger partial charge in [0.1, 0.15) is 0 Å². The summed E-state index contributed by atoms with van der Waals surface area (Å²) in [6.45, 7) is 0. The van der Waals surface area contributed by atoms with Crippen LogP contribution in [0.4, 0.5) is 0 Å². The van der Waals surface area contributed by atoms with Crippen LogP contribution in [0.3, 0.4) is 0 Å². The number of benzene rings is 1. The molecule has 1 fully saturated rings. The Morgan fingerprint density at radius 2 is 1.65 bits per heavy atom. The van der Waals surface area contributed by atoms with Gasteiger partial charge in [-0.3, -0.25) is 4.79 Å². The third-order valence-electron chi connectivity index (χ3n) is 4.38. The minimum Gasteiger partial charge on any atom is -0.481 e. The molecule has 0 unspecified atom stereocenters. The van der Waals surface area contributed by atoms with Crippen LogP contribution in [-0.4, -0.2) is 11.1 Å². The topological polar surface area (TPSA) is 37.3 Å². The highest BCUT2D eigenvalue weighted by Crippen LogP contribution is 2.38. The molecule has 1 N–H and O–H groups in total. The lowest BCUT2D eigenvalue weighted by molar-refractivity contribution is -0.150. The van der Waals surface area contributed by atoms with Crippen LogP contribution < -0.4 is 0 Å². The minimum absolute atomic E-state index is 0.536. The van der Waals surface area contributed by atoms with Crippen molar-refractivity contribution in [2.45, 2.75) is 51.4 Å². The van der Waals surface area contributed by atoms with Gasteiger partial charge in [0, 0.05) is 0 Å². The van der Waals surface area contributed by atoms with Gasteiger partial charge < -0.3 is 5.11 Å². The van der Waals surface area contributed by atoms with Crippen molar-refractivity contribution >= 4 is 12.0 Å². The molecule has 1 aliphatic rings. The Labute approximate surface area is 121 Å². The Morgan fingerprint density at radius 3 is 2.25 bits per heavy atom. The summed E-state index contributed by atoms with van der Waals surface area (Å²) >= 11 is 0. The van der Waals surface area contributed by atoms with Crippen molar-refractivity contribution in [3.63, 3.8) is 0 Å². The molecule has 0 amide bonds. The number of allylic oxidation sites excluding steroid dienone is 1. The zero-order valence-electron chi connectivity index (χ0n) is 12.1. The molecule has 1 aliphatic carbocycles. The van der Waals surface area contributed by atoms with Gasteiger partial charge in [0.2, 0.25) is 0 Å². The van der Waals surface area contributed by atoms with Gasteiger partial charge in [-0.15, -0.1) is 0 Å². The molecule has 2 heteroatoms. The number of rotatable bonds is 4. The van der Waals surface area contributed by atoms with Crippen molar-refractivity contribution in [1.82, 2.24) is 0 Å². The molecule has 0 atom stereocenters. The minimum atomic E-state index is -0.614. The molecule has 0 radical (unpaired) electrons. The molecule has 2 rings (SSSR count). The summed E-state index contributed by atoms with van der Waals surface area (Å²) in [5, 5.41) is 9.67. The van der Waals surface area contributed by atoms with Crippen LogP contribution in [0.25, 0.3) is 6.08 Å². The van der Waals surface area contributed by atoms with E-state index in [1.165, 1.54) is 19.3 Å². The molecule has 1 aromatic carbocycles. The monoisotopic (exact) mass is 272 g/mol. The van der Waals surface area contributed by atoms with Crippen LogP contribution in [-0.2, 0) is 4.79 Å². The summed E-state index contributed by atoms with van der Waals surface area (Å²) in [4.78, 5) is 11.7. The van der Waals surface area contributed by atoms with Gasteiger partial charge in [-0.1, -0.05) is 74.6 Å². The predicted molar refractivity (Wildman–Crippen MR) is 82.5 cm³/mol. The number of carbonyl (C=O) groups is 1. The first-order valence-corrected chi connectivity index (χ1v) is 7.68. The molecular weight excluding hydrogens is 248 g/mol. The molecule has 0 saturated heterocycles. The van der Waals surface area contributed by atoms with Gasteiger partial charge in [-0.05, 0) is 24.8 Å². The maximum absolute atomic E-state index is 11.7. The summed E-state index contributed by atoms with van der Waals surface area (Å²) in [6.07, 6.45) is 12.1. The molecule has 0 aromatic heterocycles. The predicted octanol–water partition coefficient (Wildman–Crippen LogP) is 4.91. The largest absolute Gasteiger partial charge is 0.481 e. The Hall–Kier alpha value is -1.57. The summed E-state index contributed by atoms with van der Waals surface area (Å²) in [5.41, 5.74) is 0.602. The Bertz CT molecular complexity index is 440. The van der Waals surface area contributed by atoms with E-state index in [-0.39, 0.29) is 0 Å². The lowest BCUT2D eigenvalue weighted by Gasteiger charge is -2.30. The van der Waals surface area contributed by atoms with Crippen molar-refractivity contribution in [3.05, 3.63) is 42.0 Å². The maximum Gasteiger partial charge on any atom is 0.309 e. The van der Waals surface area contributed by atoms with Crippen LogP contribution in [0, 0.1) is 5.41 Å². The maximum atomic E-state index is 11.7. The highest BCUT2D eigenvalue weighted by atomic mass is 16.4. The average molecular weight is 272 g/mol. The molecule has 20 heavy (non-hydrogen) atoms. The number of aliphatic carboxylic acids is 1. The first-order valence-electron chi connectivity index (χ1n) is 7.68. The third kappa shape index (κ3) is 3.96. The zero-order valence-corrected chi connectivity index (χ0v) is 12.1. The molecule has 108 valence electrons. The first kappa shape index (κ1) is 14.8. The molecule has 2 nitrogen and oxygen atoms in total. The van der Waals surface area contributed by atoms with Crippen molar-refractivity contribution in [1.29, 1.82) is 0 Å². The SMILES string of the molecule is O=C(O)C1(C/C=C/c2ccccc2)CCCCCCC1. The van der Waals surface area contributed by atoms with E-state index in [1.807, 2.05) is 42.5 Å². The normalized spacial score (nSPS) is 19.4. The molecule has 0 bridgehead atoms. The van der Waals surface area contributed by atoms with E-state index in [9.17, 15) is 9.90 Å². The number of carboxylic acid groups (broad SMARTS) is 1. The fraction of sp³-hybridized carbons (Fsp3) is 0.500. The van der Waals surface area contributed by atoms with E-state index < -0.39 is 11.4 Å². The van der Waals surface area contributed by atoms with E-state index in [2.05, 4.69) is 0 Å². The molecule has 1 aromatic rings. The Morgan fingerprint density at radius 1 is 1.05 bits per heavy atom. The van der Waals surface area contributed by atoms with E-state index in [1.54, 1.807) is 0 Å². The molecule has 0 spiro atoms. The lowest BCUT2D eigenvalue weighted by Crippen LogP contribution is -2.31. The summed E-state index contributed by atoms with van der Waals surface area (Å²) in [6, 6.07) is 10.1. The number of hydrogen-bond acceptors (Lipinski definition) is 1. The second-order valence-corrected chi connectivity index (χ2v) is 5.87. The van der Waals surface area contributed by atoms with Crippen molar-refractivity contribution in [3.8, 4) is 0 Å². The fourth-order valence-electron chi connectivity index (χ4n) is 3.07. The molecule has 0 heterocycles. The van der Waals surface area contributed by atoms with Gasteiger partial charge in [0.25, 0.3) is 0 Å². The fourth-order valence-corrected chi connectivity index (χ4v) is 3.07. The molecule has 0 aliphatic heterocycles. The van der Waals surface area contributed by atoms with Gasteiger partial charge in [-0.2, -0.15) is 0 Å². The van der Waals surface area contributed by atoms with Gasteiger partial charge in [0.15, 0.2) is 0 Å². The second kappa shape index (κ2) is 7.28. The second-order valence-electron chi connectivity index (χ2n) is 5.87. The molecular formula is C18H24O2. The van der Waals surface area contributed by atoms with E-state index >= 15 is 0 Å². The third-order valence-corrected chi connectivity index (χ3v) is 4.38. The first-order chi connectivity index (χ1) is 9.73. The number of hydrogen-bond donors (Lipinski definition) is 1. The summed E-state index contributed by atoms with van der Waals surface area (Å²) in [5.74, 6) is -0.614. The average Bonchev–Trinajstić information content (AvgIpc) is 2.42. The van der Waals surface area contributed by atoms with E-state index in [0.717, 1.165) is 31.2 Å². The van der Waals surface area contributed by atoms with Gasteiger partial charge in [0.05, 0.1) is 5.41 Å². The standard InChI is InChI=1S/C18H24O2/c19-17(20)18(13-7-2-1-3-8-14-18)15-9-12-16-10-5-4-6-11-16/h4-6,9-12H,1-3,7-8,13-15H2,(H,19,20)/b12-9+. The van der Waals surface area contributed by atoms with Crippen molar-refractivity contribution in [2.24, 2.45) is 5.41 Å². The van der Waals surface area contributed by atoms with Crippen molar-refractivity contribution < 1.29 is 9.90 Å². The van der Waals surface area contributed by atoms with E-state index in [4.69, 9.17) is 0 Å². The van der Waals surface area contributed by atoms with Crippen LogP contribution in [0.5, 0.6) is 0 Å². The summed E-state index contributed by atoms with van der Waals surface area (Å²) in [7, 11) is 0. The lowest BCUT2D eigenvalue weighted by atomic mass is 9.74. The highest BCUT2D eigenvalue weighted by molar-refractivity contribution is 5.75. The van der Waals surface area contributed by atoms with Crippen molar-refractivity contribution in [2.75, 3.05) is 0 Å². The van der Waals surface area contributed by atoms with Crippen LogP contribution in [0.1, 0.15) is 56.9 Å². The van der Waals surface area contributed by atoms with Crippen LogP contribution >= 0.6 is 0 Å². The molecule has 1 saturated carbocycles. The zero-order chi connectivity index (χ0) is 14.3. The Kier molecular flexibility index (Phi) is 5.40. The van der Waals surface area contributed by atoms with Gasteiger partial charge in [-0.25, -0.2) is 0 Å². The quantitative estimate of drug-likeness (QED) is 0.846. The summed E-state index contributed by atoms with van der Waals surface area (Å²) < 4.78 is 0.